The summed E-state index contributed by atoms with van der Waals surface area (Å²) in [6.45, 7) is 3.38. The van der Waals surface area contributed by atoms with E-state index in [1.165, 1.54) is 4.90 Å². The lowest BCUT2D eigenvalue weighted by Gasteiger charge is -2.24. The number of rotatable bonds is 16. The molecule has 0 fully saturated rings. The number of para-hydroxylation sites is 2. The van der Waals surface area contributed by atoms with Gasteiger partial charge in [-0.1, -0.05) is 42.5 Å². The first-order valence-corrected chi connectivity index (χ1v) is 13.9. The van der Waals surface area contributed by atoms with Crippen molar-refractivity contribution in [3.63, 3.8) is 0 Å². The van der Waals surface area contributed by atoms with Gasteiger partial charge in [0.2, 0.25) is 0 Å². The predicted octanol–water partition coefficient (Wildman–Crippen LogP) is 5.82. The monoisotopic (exact) mass is 552 g/mol. The Balaban J connectivity index is 1.56. The van der Waals surface area contributed by atoms with E-state index >= 15 is 0 Å². The molecule has 0 saturated carbocycles. The molecule has 2 amide bonds. The molecule has 8 nitrogen and oxygen atoms in total. The molecular weight excluding hydrogens is 516 g/mol. The first-order chi connectivity index (χ1) is 19.0. The molecule has 3 aromatic rings. The number of nitrogens with zero attached hydrogens (tertiary/aromatic N) is 1. The Morgan fingerprint density at radius 3 is 2.38 bits per heavy atom. The first kappa shape index (κ1) is 29.9. The van der Waals surface area contributed by atoms with Gasteiger partial charge in [0.05, 0.1) is 19.3 Å². The summed E-state index contributed by atoms with van der Waals surface area (Å²) in [4.78, 5) is 27.5. The average Bonchev–Trinajstić information content (AvgIpc) is 2.95. The molecule has 0 heterocycles. The van der Waals surface area contributed by atoms with Gasteiger partial charge in [0.25, 0.3) is 0 Å². The summed E-state index contributed by atoms with van der Waals surface area (Å²) < 4.78 is 16.6. The maximum atomic E-state index is 13.2. The van der Waals surface area contributed by atoms with E-state index in [1.54, 1.807) is 55.0 Å². The van der Waals surface area contributed by atoms with Crippen LogP contribution in [0.15, 0.2) is 83.8 Å². The van der Waals surface area contributed by atoms with E-state index in [4.69, 9.17) is 14.2 Å². The molecule has 1 atom stereocenters. The van der Waals surface area contributed by atoms with Crippen molar-refractivity contribution >= 4 is 29.4 Å². The number of carboxylic acids is 1. The fourth-order valence-corrected chi connectivity index (χ4v) is 4.71. The van der Waals surface area contributed by atoms with E-state index in [0.29, 0.717) is 43.5 Å². The van der Waals surface area contributed by atoms with Crippen LogP contribution in [-0.2, 0) is 16.0 Å². The number of benzene rings is 3. The summed E-state index contributed by atoms with van der Waals surface area (Å²) in [6.07, 6.45) is 0.219. The highest BCUT2D eigenvalue weighted by Gasteiger charge is 2.18. The van der Waals surface area contributed by atoms with Crippen molar-refractivity contribution < 1.29 is 28.9 Å². The Bertz CT molecular complexity index is 1160. The number of hydrogen-bond acceptors (Lipinski definition) is 6. The molecule has 2 N–H and O–H groups in total. The Morgan fingerprint density at radius 1 is 0.974 bits per heavy atom. The van der Waals surface area contributed by atoms with Crippen molar-refractivity contribution in [2.24, 2.45) is 0 Å². The molecule has 1 unspecified atom stereocenters. The minimum atomic E-state index is -0.981. The van der Waals surface area contributed by atoms with Crippen LogP contribution < -0.4 is 14.8 Å². The van der Waals surface area contributed by atoms with Crippen LogP contribution in [0.5, 0.6) is 11.5 Å². The number of hydrogen-bond donors (Lipinski definition) is 2. The van der Waals surface area contributed by atoms with Crippen molar-refractivity contribution in [3.05, 3.63) is 84.4 Å². The molecule has 0 aliphatic rings. The second-order valence-corrected chi connectivity index (χ2v) is 9.78. The second kappa shape index (κ2) is 16.3. The van der Waals surface area contributed by atoms with Crippen LogP contribution in [0.3, 0.4) is 0 Å². The first-order valence-electron chi connectivity index (χ1n) is 12.9. The van der Waals surface area contributed by atoms with E-state index in [1.807, 2.05) is 42.5 Å². The number of carbonyl (C=O) groups excluding carboxylic acids is 1. The summed E-state index contributed by atoms with van der Waals surface area (Å²) in [5.74, 6) is 1.14. The normalized spacial score (nSPS) is 11.4. The molecule has 39 heavy (non-hydrogen) atoms. The molecule has 0 aliphatic heterocycles. The van der Waals surface area contributed by atoms with Crippen molar-refractivity contribution in [1.82, 2.24) is 4.90 Å². The van der Waals surface area contributed by atoms with Gasteiger partial charge in [-0.05, 0) is 61.1 Å². The van der Waals surface area contributed by atoms with Crippen LogP contribution in [-0.4, -0.2) is 67.3 Å². The molecular formula is C30H36N2O6S. The number of ether oxygens (including phenoxy) is 3. The summed E-state index contributed by atoms with van der Waals surface area (Å²) in [7, 11) is 1.57. The van der Waals surface area contributed by atoms with Gasteiger partial charge < -0.3 is 29.5 Å². The molecule has 0 bridgehead atoms. The highest BCUT2D eigenvalue weighted by Crippen LogP contribution is 2.24. The lowest BCUT2D eigenvalue weighted by molar-refractivity contribution is -0.149. The lowest BCUT2D eigenvalue weighted by Crippen LogP contribution is -2.38. The van der Waals surface area contributed by atoms with Crippen LogP contribution in [0.4, 0.5) is 10.5 Å². The van der Waals surface area contributed by atoms with E-state index in [0.717, 1.165) is 17.7 Å². The van der Waals surface area contributed by atoms with Crippen LogP contribution in [0.25, 0.3) is 0 Å². The molecule has 9 heteroatoms. The zero-order chi connectivity index (χ0) is 27.9. The van der Waals surface area contributed by atoms with Crippen LogP contribution in [0.1, 0.15) is 18.9 Å². The smallest absolute Gasteiger partial charge is 0.333 e. The number of thioether (sulfide) groups is 1. The standard InChI is InChI=1S/C30H36N2O6S/c1-3-37-28(29(33)34)22-23-14-16-24(17-15-23)38-20-19-32(18-9-21-39-25-10-5-4-6-11-25)30(35)31-26-12-7-8-13-27(26)36-2/h4-8,10-17,28H,3,9,18-22H2,1-2H3,(H,31,35)(H,33,34). The number of urea groups is 1. The third kappa shape index (κ3) is 10.2. The fraction of sp³-hybridized carbons (Fsp3) is 0.333. The Morgan fingerprint density at radius 2 is 1.69 bits per heavy atom. The van der Waals surface area contributed by atoms with E-state index in [2.05, 4.69) is 17.4 Å². The molecule has 208 valence electrons. The van der Waals surface area contributed by atoms with Gasteiger partial charge in [-0.15, -0.1) is 11.8 Å². The van der Waals surface area contributed by atoms with Crippen molar-refractivity contribution in [2.45, 2.75) is 30.8 Å². The van der Waals surface area contributed by atoms with Crippen molar-refractivity contribution in [2.75, 3.05) is 44.5 Å². The third-order valence-electron chi connectivity index (χ3n) is 5.84. The summed E-state index contributed by atoms with van der Waals surface area (Å²) in [6, 6.07) is 24.5. The summed E-state index contributed by atoms with van der Waals surface area (Å²) in [5, 5.41) is 12.2. The topological polar surface area (TPSA) is 97.3 Å². The van der Waals surface area contributed by atoms with Crippen LogP contribution >= 0.6 is 11.8 Å². The Hall–Kier alpha value is -3.69. The zero-order valence-corrected chi connectivity index (χ0v) is 23.2. The van der Waals surface area contributed by atoms with Gasteiger partial charge in [0, 0.05) is 24.5 Å². The molecule has 3 aromatic carbocycles. The van der Waals surface area contributed by atoms with Crippen LogP contribution in [0.2, 0.25) is 0 Å². The van der Waals surface area contributed by atoms with Gasteiger partial charge in [-0.2, -0.15) is 0 Å². The molecule has 0 saturated heterocycles. The maximum absolute atomic E-state index is 13.2. The zero-order valence-electron chi connectivity index (χ0n) is 22.4. The largest absolute Gasteiger partial charge is 0.495 e. The quantitative estimate of drug-likeness (QED) is 0.171. The molecule has 0 spiro atoms. The fourth-order valence-electron chi connectivity index (χ4n) is 3.85. The Labute approximate surface area is 234 Å². The number of anilines is 1. The van der Waals surface area contributed by atoms with Gasteiger partial charge >= 0.3 is 12.0 Å². The number of carboxylic acid groups (broad SMARTS) is 1. The highest BCUT2D eigenvalue weighted by atomic mass is 32.2. The van der Waals surface area contributed by atoms with Gasteiger partial charge in [-0.25, -0.2) is 9.59 Å². The molecule has 0 aromatic heterocycles. The highest BCUT2D eigenvalue weighted by molar-refractivity contribution is 7.99. The summed E-state index contributed by atoms with van der Waals surface area (Å²) >= 11 is 1.76. The molecule has 3 rings (SSSR count). The number of methoxy groups -OCH3 is 1. The predicted molar refractivity (Wildman–Crippen MR) is 154 cm³/mol. The SMILES string of the molecule is CCOC(Cc1ccc(OCCN(CCCSc2ccccc2)C(=O)Nc2ccccc2OC)cc1)C(=O)O. The van der Waals surface area contributed by atoms with E-state index < -0.39 is 12.1 Å². The average molecular weight is 553 g/mol. The lowest BCUT2D eigenvalue weighted by atomic mass is 10.1. The number of nitrogens with one attached hydrogen (secondary N) is 1. The Kier molecular flexibility index (Phi) is 12.5. The van der Waals surface area contributed by atoms with Crippen LogP contribution in [0, 0.1) is 0 Å². The van der Waals surface area contributed by atoms with Gasteiger partial charge in [0.15, 0.2) is 6.10 Å². The minimum absolute atomic E-state index is 0.223. The van der Waals surface area contributed by atoms with Gasteiger partial charge in [0.1, 0.15) is 18.1 Å². The minimum Gasteiger partial charge on any atom is -0.495 e. The number of aliphatic carboxylic acids is 1. The number of amides is 2. The summed E-state index contributed by atoms with van der Waals surface area (Å²) in [5.41, 5.74) is 1.45. The maximum Gasteiger partial charge on any atom is 0.333 e. The van der Waals surface area contributed by atoms with Gasteiger partial charge in [-0.3, -0.25) is 0 Å². The molecule has 0 radical (unpaired) electrons. The second-order valence-electron chi connectivity index (χ2n) is 8.61. The van der Waals surface area contributed by atoms with E-state index in [9.17, 15) is 14.7 Å². The van der Waals surface area contributed by atoms with Crippen molar-refractivity contribution in [1.29, 1.82) is 0 Å². The van der Waals surface area contributed by atoms with E-state index in [-0.39, 0.29) is 12.5 Å². The number of carbonyl (C=O) groups is 2. The third-order valence-corrected chi connectivity index (χ3v) is 6.94. The molecule has 0 aliphatic carbocycles. The van der Waals surface area contributed by atoms with Crippen molar-refractivity contribution in [3.8, 4) is 11.5 Å².